The van der Waals surface area contributed by atoms with Gasteiger partial charge in [-0.1, -0.05) is 30.3 Å². The minimum Gasteiger partial charge on any atom is -0.443 e. The minimum atomic E-state index is -0.0902. The zero-order valence-corrected chi connectivity index (χ0v) is 10.6. The molecule has 0 fully saturated rings. The van der Waals surface area contributed by atoms with Crippen LogP contribution >= 0.6 is 0 Å². The van der Waals surface area contributed by atoms with Crippen LogP contribution in [-0.4, -0.2) is 28.9 Å². The van der Waals surface area contributed by atoms with Crippen molar-refractivity contribution in [3.05, 3.63) is 42.4 Å². The molecule has 1 amide bonds. The molecule has 94 valence electrons. The van der Waals surface area contributed by atoms with Crippen molar-refractivity contribution >= 4 is 5.91 Å². The average Bonchev–Trinajstić information content (AvgIpc) is 2.90. The Morgan fingerprint density at radius 2 is 1.89 bits per heavy atom. The van der Waals surface area contributed by atoms with Gasteiger partial charge in [0.15, 0.2) is 17.8 Å². The lowest BCUT2D eigenvalue weighted by Crippen LogP contribution is -2.31. The number of rotatable bonds is 4. The second-order valence-corrected chi connectivity index (χ2v) is 3.87. The lowest BCUT2D eigenvalue weighted by Gasteiger charge is -2.17. The number of oxazole rings is 1. The van der Waals surface area contributed by atoms with Gasteiger partial charge in [0.25, 0.3) is 5.91 Å². The van der Waals surface area contributed by atoms with E-state index in [1.165, 1.54) is 6.39 Å². The van der Waals surface area contributed by atoms with Crippen molar-refractivity contribution < 1.29 is 9.21 Å². The normalized spacial score (nSPS) is 10.3. The first-order valence-corrected chi connectivity index (χ1v) is 6.06. The standard InChI is InChI=1S/C14H16N2O2/c1-3-16(4-2)14(17)12-13(18-10-15-12)11-8-6-5-7-9-11/h5-10H,3-4H2,1-2H3. The molecule has 0 aliphatic heterocycles. The van der Waals surface area contributed by atoms with E-state index < -0.39 is 0 Å². The fraction of sp³-hybridized carbons (Fsp3) is 0.286. The highest BCUT2D eigenvalue weighted by atomic mass is 16.3. The molecule has 0 unspecified atom stereocenters. The van der Waals surface area contributed by atoms with Crippen molar-refractivity contribution in [2.24, 2.45) is 0 Å². The first kappa shape index (κ1) is 12.4. The largest absolute Gasteiger partial charge is 0.443 e. The van der Waals surface area contributed by atoms with Gasteiger partial charge in [0, 0.05) is 18.7 Å². The highest BCUT2D eigenvalue weighted by molar-refractivity contribution is 5.97. The highest BCUT2D eigenvalue weighted by Crippen LogP contribution is 2.23. The van der Waals surface area contributed by atoms with Crippen LogP contribution in [0.1, 0.15) is 24.3 Å². The number of aromatic nitrogens is 1. The molecule has 18 heavy (non-hydrogen) atoms. The van der Waals surface area contributed by atoms with Crippen molar-refractivity contribution in [1.29, 1.82) is 0 Å². The lowest BCUT2D eigenvalue weighted by molar-refractivity contribution is 0.0768. The molecular formula is C14H16N2O2. The topological polar surface area (TPSA) is 46.3 Å². The van der Waals surface area contributed by atoms with Crippen LogP contribution in [0.25, 0.3) is 11.3 Å². The van der Waals surface area contributed by atoms with Gasteiger partial charge in [0.2, 0.25) is 0 Å². The smallest absolute Gasteiger partial charge is 0.276 e. The van der Waals surface area contributed by atoms with Gasteiger partial charge in [-0.2, -0.15) is 0 Å². The van der Waals surface area contributed by atoms with Crippen LogP contribution in [0.3, 0.4) is 0 Å². The van der Waals surface area contributed by atoms with Crippen LogP contribution in [0.4, 0.5) is 0 Å². The second-order valence-electron chi connectivity index (χ2n) is 3.87. The number of hydrogen-bond donors (Lipinski definition) is 0. The maximum absolute atomic E-state index is 12.3. The van der Waals surface area contributed by atoms with Crippen molar-refractivity contribution in [3.63, 3.8) is 0 Å². The number of hydrogen-bond acceptors (Lipinski definition) is 3. The molecule has 0 bridgehead atoms. The first-order chi connectivity index (χ1) is 8.77. The molecule has 0 spiro atoms. The van der Waals surface area contributed by atoms with Crippen LogP contribution in [0, 0.1) is 0 Å². The van der Waals surface area contributed by atoms with E-state index in [1.807, 2.05) is 44.2 Å². The monoisotopic (exact) mass is 244 g/mol. The molecule has 0 aliphatic carbocycles. The van der Waals surface area contributed by atoms with Crippen LogP contribution in [0.15, 0.2) is 41.1 Å². The first-order valence-electron chi connectivity index (χ1n) is 6.06. The Hall–Kier alpha value is -2.10. The van der Waals surface area contributed by atoms with E-state index in [9.17, 15) is 4.79 Å². The van der Waals surface area contributed by atoms with Gasteiger partial charge in [-0.05, 0) is 13.8 Å². The molecule has 0 N–H and O–H groups in total. The van der Waals surface area contributed by atoms with E-state index in [2.05, 4.69) is 4.98 Å². The maximum Gasteiger partial charge on any atom is 0.276 e. The van der Waals surface area contributed by atoms with Crippen LogP contribution in [0.2, 0.25) is 0 Å². The quantitative estimate of drug-likeness (QED) is 0.830. The summed E-state index contributed by atoms with van der Waals surface area (Å²) in [5.74, 6) is 0.445. The fourth-order valence-corrected chi connectivity index (χ4v) is 1.85. The summed E-state index contributed by atoms with van der Waals surface area (Å²) in [4.78, 5) is 18.0. The van der Waals surface area contributed by atoms with Crippen molar-refractivity contribution in [2.45, 2.75) is 13.8 Å². The third-order valence-electron chi connectivity index (χ3n) is 2.86. The summed E-state index contributed by atoms with van der Waals surface area (Å²) in [6, 6.07) is 9.54. The molecule has 0 radical (unpaired) electrons. The zero-order chi connectivity index (χ0) is 13.0. The summed E-state index contributed by atoms with van der Waals surface area (Å²) in [5, 5.41) is 0. The van der Waals surface area contributed by atoms with E-state index in [1.54, 1.807) is 4.90 Å². The molecular weight excluding hydrogens is 228 g/mol. The molecule has 0 aliphatic rings. The SMILES string of the molecule is CCN(CC)C(=O)c1ncoc1-c1ccccc1. The summed E-state index contributed by atoms with van der Waals surface area (Å²) in [6.07, 6.45) is 1.32. The molecule has 1 aromatic heterocycles. The van der Waals surface area contributed by atoms with Gasteiger partial charge in [-0.15, -0.1) is 0 Å². The Morgan fingerprint density at radius 1 is 1.22 bits per heavy atom. The van der Waals surface area contributed by atoms with Crippen LogP contribution in [0.5, 0.6) is 0 Å². The molecule has 0 atom stereocenters. The average molecular weight is 244 g/mol. The molecule has 2 rings (SSSR count). The molecule has 4 nitrogen and oxygen atoms in total. The van der Waals surface area contributed by atoms with Gasteiger partial charge in [-0.25, -0.2) is 4.98 Å². The third-order valence-corrected chi connectivity index (χ3v) is 2.86. The van der Waals surface area contributed by atoms with E-state index in [-0.39, 0.29) is 5.91 Å². The Bertz CT molecular complexity index is 516. The predicted molar refractivity (Wildman–Crippen MR) is 69.2 cm³/mol. The van der Waals surface area contributed by atoms with Gasteiger partial charge >= 0.3 is 0 Å². The summed E-state index contributed by atoms with van der Waals surface area (Å²) >= 11 is 0. The Balaban J connectivity index is 2.37. The van der Waals surface area contributed by atoms with E-state index in [4.69, 9.17) is 4.42 Å². The molecule has 2 aromatic rings. The highest BCUT2D eigenvalue weighted by Gasteiger charge is 2.21. The van der Waals surface area contributed by atoms with E-state index in [0.29, 0.717) is 24.5 Å². The van der Waals surface area contributed by atoms with Crippen molar-refractivity contribution in [3.8, 4) is 11.3 Å². The summed E-state index contributed by atoms with van der Waals surface area (Å²) in [6.45, 7) is 5.22. The Labute approximate surface area is 106 Å². The zero-order valence-electron chi connectivity index (χ0n) is 10.6. The number of carbonyl (C=O) groups is 1. The van der Waals surface area contributed by atoms with Crippen LogP contribution in [-0.2, 0) is 0 Å². The fourth-order valence-electron chi connectivity index (χ4n) is 1.85. The summed E-state index contributed by atoms with van der Waals surface area (Å²) < 4.78 is 5.35. The Kier molecular flexibility index (Phi) is 3.77. The molecule has 4 heteroatoms. The third kappa shape index (κ3) is 2.27. The molecule has 1 aromatic carbocycles. The summed E-state index contributed by atoms with van der Waals surface area (Å²) in [7, 11) is 0. The van der Waals surface area contributed by atoms with Crippen molar-refractivity contribution in [1.82, 2.24) is 9.88 Å². The van der Waals surface area contributed by atoms with Crippen molar-refractivity contribution in [2.75, 3.05) is 13.1 Å². The van der Waals surface area contributed by atoms with E-state index >= 15 is 0 Å². The van der Waals surface area contributed by atoms with Gasteiger partial charge in [-0.3, -0.25) is 4.79 Å². The van der Waals surface area contributed by atoms with Gasteiger partial charge < -0.3 is 9.32 Å². The Morgan fingerprint density at radius 3 is 2.50 bits per heavy atom. The number of carbonyl (C=O) groups excluding carboxylic acids is 1. The van der Waals surface area contributed by atoms with Crippen LogP contribution < -0.4 is 0 Å². The molecule has 1 heterocycles. The summed E-state index contributed by atoms with van der Waals surface area (Å²) in [5.41, 5.74) is 1.25. The van der Waals surface area contributed by atoms with Gasteiger partial charge in [0.1, 0.15) is 0 Å². The molecule has 0 saturated heterocycles. The second kappa shape index (κ2) is 5.49. The number of nitrogens with zero attached hydrogens (tertiary/aromatic N) is 2. The van der Waals surface area contributed by atoms with E-state index in [0.717, 1.165) is 5.56 Å². The number of benzene rings is 1. The number of amides is 1. The molecule has 0 saturated carbocycles. The maximum atomic E-state index is 12.3. The lowest BCUT2D eigenvalue weighted by atomic mass is 10.1. The predicted octanol–water partition coefficient (Wildman–Crippen LogP) is 2.82. The van der Waals surface area contributed by atoms with Gasteiger partial charge in [0.05, 0.1) is 0 Å². The minimum absolute atomic E-state index is 0.0902.